The van der Waals surface area contributed by atoms with Crippen molar-refractivity contribution in [1.82, 2.24) is 15.1 Å². The first-order chi connectivity index (χ1) is 46.4. The Hall–Kier alpha value is -3.06. The molecule has 546 valence electrons. The Kier molecular flexibility index (Phi) is 23.3. The van der Waals surface area contributed by atoms with Gasteiger partial charge in [-0.2, -0.15) is 0 Å². The Morgan fingerprint density at radius 1 is 0.464 bits per heavy atom. The van der Waals surface area contributed by atoms with Crippen molar-refractivity contribution < 1.29 is 62.9 Å². The molecule has 0 spiro atoms. The fourth-order valence-corrected chi connectivity index (χ4v) is 24.5. The van der Waals surface area contributed by atoms with Crippen LogP contribution >= 0.6 is 0 Å². The third-order valence-electron chi connectivity index (χ3n) is 30.3. The summed E-state index contributed by atoms with van der Waals surface area (Å²) in [5.74, 6) is 2.44. The Labute approximate surface area is 583 Å². The van der Waals surface area contributed by atoms with Gasteiger partial charge < -0.3 is 63.7 Å². The summed E-state index contributed by atoms with van der Waals surface area (Å²) in [5, 5.41) is 30.0. The molecule has 16 nitrogen and oxygen atoms in total. The maximum atomic E-state index is 11.4. The molecule has 6 saturated heterocycles. The van der Waals surface area contributed by atoms with Crippen LogP contribution in [-0.4, -0.2) is 159 Å². The number of allylic oxidation sites excluding steroid dienone is 3. The van der Waals surface area contributed by atoms with Gasteiger partial charge in [-0.3, -0.25) is 14.4 Å². The van der Waals surface area contributed by atoms with Crippen LogP contribution in [0.25, 0.3) is 0 Å². The Morgan fingerprint density at radius 3 is 1.10 bits per heavy atom. The molecule has 0 aromatic rings. The topological polar surface area (TPSA) is 203 Å². The molecular weight excluding hydrogens is 1220 g/mol. The van der Waals surface area contributed by atoms with Crippen LogP contribution in [0, 0.1) is 104 Å². The molecule has 0 aromatic carbocycles. The highest BCUT2D eigenvalue weighted by Gasteiger charge is 2.64. The van der Waals surface area contributed by atoms with Gasteiger partial charge in [-0.25, -0.2) is 0 Å². The second kappa shape index (κ2) is 30.7. The van der Waals surface area contributed by atoms with Gasteiger partial charge in [0.25, 0.3) is 0 Å². The van der Waals surface area contributed by atoms with E-state index < -0.39 is 17.9 Å². The van der Waals surface area contributed by atoms with E-state index in [-0.39, 0.29) is 69.1 Å². The molecule has 15 fully saturated rings. The number of ether oxygens (including phenoxy) is 6. The minimum Gasteiger partial charge on any atom is -0.481 e. The van der Waals surface area contributed by atoms with Crippen LogP contribution in [-0.2, 0) is 47.6 Å². The zero-order chi connectivity index (χ0) is 68.7. The predicted octanol–water partition coefficient (Wildman–Crippen LogP) is 14.8. The van der Waals surface area contributed by atoms with E-state index in [0.29, 0.717) is 97.6 Å². The van der Waals surface area contributed by atoms with E-state index in [1.807, 2.05) is 0 Å². The van der Waals surface area contributed by atoms with E-state index in [0.717, 1.165) is 136 Å². The molecule has 0 radical (unpaired) electrons. The summed E-state index contributed by atoms with van der Waals surface area (Å²) in [4.78, 5) is 48.9. The quantitative estimate of drug-likeness (QED) is 0.0944. The summed E-state index contributed by atoms with van der Waals surface area (Å²) in [6.07, 6.45) is 36.6. The van der Waals surface area contributed by atoms with Crippen LogP contribution < -0.4 is 5.32 Å². The number of aldehydes is 1. The van der Waals surface area contributed by atoms with E-state index in [9.17, 15) is 29.4 Å². The lowest BCUT2D eigenvalue weighted by Crippen LogP contribution is -2.62. The maximum Gasteiger partial charge on any atom is 0.307 e. The summed E-state index contributed by atoms with van der Waals surface area (Å²) in [6.45, 7) is 37.3. The first-order valence-corrected chi connectivity index (χ1v) is 39.5. The van der Waals surface area contributed by atoms with E-state index in [1.54, 1.807) is 0 Å². The number of carbonyl (C=O) groups excluding carboxylic acids is 1. The number of carboxylic acid groups (broad SMARTS) is 3. The van der Waals surface area contributed by atoms with Gasteiger partial charge in [0, 0.05) is 60.1 Å². The number of aliphatic carboxylic acids is 3. The molecular formula is C81H129N3O13. The standard InChI is InChI=1S/2C27H43NO4.C22H34O3.C5H9NO2/c2*1-18-8-9-22-26(2,21(18)12-15-28-14-11-20(16-28)24(29)30)13-10-23-27(22,3)17-31-25(32-23)19-6-4-5-7-19;1-15-8-9-18-21(2,17(15)11-13-23)12-10-19-22(18,3)14-24-20(25-19)16-6-4-5-7-16;7-5(8)4-1-2-6-3-4/h2*19-23,25H,1,4-17H2,2-3H3,(H,29,30);13,16-20H,1,4-12,14H2,2-3H3;4,6H,1-3H2,(H,7,8)/t2*20-,21+,22?,23+,25+,26-,27-;17-,18?,19-,20-,21+,22+;4-/m0010/s1. The fraction of sp³-hybridized carbons (Fsp3) is 0.877. The van der Waals surface area contributed by atoms with Gasteiger partial charge >= 0.3 is 17.9 Å². The molecule has 3 unspecified atom stereocenters. The largest absolute Gasteiger partial charge is 0.481 e. The van der Waals surface area contributed by atoms with Gasteiger partial charge in [-0.05, 0) is 232 Å². The van der Waals surface area contributed by atoms with Gasteiger partial charge in [0.1, 0.15) is 6.29 Å². The number of hydrogen-bond acceptors (Lipinski definition) is 13. The van der Waals surface area contributed by atoms with Crippen molar-refractivity contribution in [2.45, 2.75) is 271 Å². The zero-order valence-electron chi connectivity index (χ0n) is 60.9. The summed E-state index contributed by atoms with van der Waals surface area (Å²) >= 11 is 0. The second-order valence-electron chi connectivity index (χ2n) is 35.9. The highest BCUT2D eigenvalue weighted by molar-refractivity contribution is 5.71. The van der Waals surface area contributed by atoms with Crippen LogP contribution in [0.5, 0.6) is 0 Å². The smallest absolute Gasteiger partial charge is 0.307 e. The van der Waals surface area contributed by atoms with Crippen LogP contribution in [0.15, 0.2) is 36.5 Å². The lowest BCUT2D eigenvalue weighted by atomic mass is 9.46. The van der Waals surface area contributed by atoms with Gasteiger partial charge in [0.15, 0.2) is 18.9 Å². The van der Waals surface area contributed by atoms with Gasteiger partial charge in [0.05, 0.1) is 55.9 Å². The minimum absolute atomic E-state index is 0.0200. The highest BCUT2D eigenvalue weighted by Crippen LogP contribution is 2.67. The Balaban J connectivity index is 0.000000132. The van der Waals surface area contributed by atoms with Crippen molar-refractivity contribution in [2.24, 2.45) is 104 Å². The number of carbonyl (C=O) groups is 4. The molecule has 15 rings (SSSR count). The highest BCUT2D eigenvalue weighted by atomic mass is 16.7. The number of fused-ring (bicyclic) bond motifs is 9. The Morgan fingerprint density at radius 2 is 0.804 bits per heavy atom. The summed E-state index contributed by atoms with van der Waals surface area (Å²) < 4.78 is 39.2. The molecule has 9 aliphatic carbocycles. The zero-order valence-corrected chi connectivity index (χ0v) is 60.9. The van der Waals surface area contributed by atoms with Gasteiger partial charge in [0.2, 0.25) is 0 Å². The second-order valence-corrected chi connectivity index (χ2v) is 35.9. The third-order valence-corrected chi connectivity index (χ3v) is 30.3. The van der Waals surface area contributed by atoms with Crippen molar-refractivity contribution in [3.8, 4) is 0 Å². The summed E-state index contributed by atoms with van der Waals surface area (Å²) in [6, 6.07) is 0. The third kappa shape index (κ3) is 14.9. The van der Waals surface area contributed by atoms with Crippen LogP contribution in [0.2, 0.25) is 0 Å². The fourth-order valence-electron chi connectivity index (χ4n) is 24.5. The normalized spacial score (nSPS) is 44.8. The number of nitrogens with one attached hydrogen (secondary N) is 1. The van der Waals surface area contributed by atoms with Gasteiger partial charge in [-0.1, -0.05) is 117 Å². The van der Waals surface area contributed by atoms with Crippen molar-refractivity contribution in [3.63, 3.8) is 0 Å². The SMILES string of the molecule is C=C1CCC2[C@]3(C)CO[C@@H](C4CCCC4)O[C@@H]3CC[C@@]2(C)[C@@H]1CC=O.C=C1CCC2[C@]3(C)CO[C@@H](C4CCCC4)O[C@@H]3CC[C@@]2(C)[C@@H]1CCN1CC[C@H](C(=O)O)C1.C=C1CCC2[C@]3(C)CO[C@@H](C4CCCC4)O[C@@H]3CC[C@@]2(C)[C@@H]1CCN1CC[C@H](C(=O)O)C1.O=C(O)[C@H]1CCNC1. The number of rotatable bonds is 14. The molecule has 0 bridgehead atoms. The van der Waals surface area contributed by atoms with Crippen molar-refractivity contribution >= 4 is 24.2 Å². The minimum atomic E-state index is -0.671. The van der Waals surface area contributed by atoms with Gasteiger partial charge in [-0.15, -0.1) is 0 Å². The van der Waals surface area contributed by atoms with E-state index >= 15 is 0 Å². The van der Waals surface area contributed by atoms with Crippen LogP contribution in [0.1, 0.15) is 234 Å². The number of nitrogens with zero attached hydrogens (tertiary/aromatic N) is 2. The number of carboxylic acids is 3. The average molecular weight is 1350 g/mol. The first-order valence-electron chi connectivity index (χ1n) is 39.5. The number of likely N-dealkylation sites (tertiary alicyclic amines) is 2. The predicted molar refractivity (Wildman–Crippen MR) is 375 cm³/mol. The molecule has 0 amide bonds. The molecule has 97 heavy (non-hydrogen) atoms. The monoisotopic (exact) mass is 1350 g/mol. The molecule has 6 heterocycles. The molecule has 15 aliphatic rings. The Bertz CT molecular complexity index is 2650. The van der Waals surface area contributed by atoms with E-state index in [1.165, 1.54) is 126 Å². The van der Waals surface area contributed by atoms with Crippen molar-refractivity contribution in [1.29, 1.82) is 0 Å². The molecule has 9 saturated carbocycles. The van der Waals surface area contributed by atoms with Crippen LogP contribution in [0.4, 0.5) is 0 Å². The van der Waals surface area contributed by atoms with Crippen molar-refractivity contribution in [3.05, 3.63) is 36.5 Å². The molecule has 21 atom stereocenters. The molecule has 6 aliphatic heterocycles. The van der Waals surface area contributed by atoms with E-state index in [2.05, 4.69) is 76.4 Å². The summed E-state index contributed by atoms with van der Waals surface area (Å²) in [7, 11) is 0. The summed E-state index contributed by atoms with van der Waals surface area (Å²) in [5.41, 5.74) is 5.00. The molecule has 0 aromatic heterocycles. The number of hydrogen-bond donors (Lipinski definition) is 4. The van der Waals surface area contributed by atoms with Crippen molar-refractivity contribution in [2.75, 3.05) is 72.2 Å². The lowest BCUT2D eigenvalue weighted by molar-refractivity contribution is -0.316. The van der Waals surface area contributed by atoms with E-state index in [4.69, 9.17) is 33.5 Å². The van der Waals surface area contributed by atoms with Crippen LogP contribution in [0.3, 0.4) is 0 Å². The molecule has 4 N–H and O–H groups in total. The lowest BCUT2D eigenvalue weighted by Gasteiger charge is -2.63. The first kappa shape index (κ1) is 73.7. The maximum absolute atomic E-state index is 11.4. The average Bonchev–Trinajstić information content (AvgIpc) is 1.08. The molecule has 16 heteroatoms.